The molecule has 1 aliphatic rings. The van der Waals surface area contributed by atoms with Crippen molar-refractivity contribution in [3.8, 4) is 11.5 Å². The van der Waals surface area contributed by atoms with Crippen molar-refractivity contribution in [2.75, 3.05) is 27.4 Å². The standard InChI is InChI=1S/C23H32N2O5S/c1-16(18-7-11-22(29-2)23(15-18)30-3)25-20-8-4-19(14-20)17-5-9-21(10-6-17)31(27,28)24-12-13-26/h5-7,9-11,15-16,19-20,24-26H,4,8,12-14H2,1-3H3/t16-,19?,20+/m1/s1. The zero-order chi connectivity index (χ0) is 22.4. The Bertz CT molecular complexity index is 962. The molecule has 1 fully saturated rings. The fourth-order valence-electron chi connectivity index (χ4n) is 4.19. The van der Waals surface area contributed by atoms with Crippen LogP contribution in [0.4, 0.5) is 0 Å². The summed E-state index contributed by atoms with van der Waals surface area (Å²) in [5.41, 5.74) is 2.30. The van der Waals surface area contributed by atoms with Gasteiger partial charge in [-0.25, -0.2) is 13.1 Å². The Kier molecular flexibility index (Phi) is 7.94. The van der Waals surface area contributed by atoms with E-state index in [-0.39, 0.29) is 24.1 Å². The molecular formula is C23H32N2O5S. The van der Waals surface area contributed by atoms with Crippen molar-refractivity contribution in [2.45, 2.75) is 49.1 Å². The number of sulfonamides is 1. The van der Waals surface area contributed by atoms with Gasteiger partial charge in [0, 0.05) is 18.6 Å². The van der Waals surface area contributed by atoms with E-state index in [4.69, 9.17) is 14.6 Å². The first-order valence-corrected chi connectivity index (χ1v) is 12.0. The number of rotatable bonds is 10. The number of hydrogen-bond donors (Lipinski definition) is 3. The van der Waals surface area contributed by atoms with E-state index in [2.05, 4.69) is 23.0 Å². The SMILES string of the molecule is COc1ccc([C@@H](C)N[C@H]2CCC(c3ccc(S(=O)(=O)NCCO)cc3)C2)cc1OC. The summed E-state index contributed by atoms with van der Waals surface area (Å²) in [6.45, 7) is 1.93. The van der Waals surface area contributed by atoms with Crippen molar-refractivity contribution in [3.05, 3.63) is 53.6 Å². The van der Waals surface area contributed by atoms with Gasteiger partial charge in [-0.3, -0.25) is 0 Å². The summed E-state index contributed by atoms with van der Waals surface area (Å²) in [5.74, 6) is 1.84. The third-order valence-electron chi connectivity index (χ3n) is 5.89. The Morgan fingerprint density at radius 1 is 1.06 bits per heavy atom. The van der Waals surface area contributed by atoms with Crippen LogP contribution in [-0.4, -0.2) is 46.9 Å². The van der Waals surface area contributed by atoms with Gasteiger partial charge < -0.3 is 19.9 Å². The van der Waals surface area contributed by atoms with Crippen LogP contribution in [-0.2, 0) is 10.0 Å². The molecule has 3 rings (SSSR count). The van der Waals surface area contributed by atoms with Crippen LogP contribution in [0.15, 0.2) is 47.4 Å². The van der Waals surface area contributed by atoms with Gasteiger partial charge in [0.15, 0.2) is 11.5 Å². The molecule has 1 unspecified atom stereocenters. The van der Waals surface area contributed by atoms with Crippen molar-refractivity contribution in [2.24, 2.45) is 0 Å². The van der Waals surface area contributed by atoms with Gasteiger partial charge in [0.2, 0.25) is 10.0 Å². The van der Waals surface area contributed by atoms with E-state index in [1.165, 1.54) is 0 Å². The lowest BCUT2D eigenvalue weighted by molar-refractivity contribution is 0.301. The molecule has 7 nitrogen and oxygen atoms in total. The van der Waals surface area contributed by atoms with E-state index in [0.29, 0.717) is 12.0 Å². The second kappa shape index (κ2) is 10.5. The lowest BCUT2D eigenvalue weighted by Gasteiger charge is -2.21. The highest BCUT2D eigenvalue weighted by Crippen LogP contribution is 2.36. The number of aliphatic hydroxyl groups is 1. The molecular weight excluding hydrogens is 416 g/mol. The van der Waals surface area contributed by atoms with E-state index < -0.39 is 10.0 Å². The summed E-state index contributed by atoms with van der Waals surface area (Å²) in [4.78, 5) is 0.222. The van der Waals surface area contributed by atoms with Gasteiger partial charge in [0.05, 0.1) is 25.7 Å². The Morgan fingerprint density at radius 3 is 2.42 bits per heavy atom. The second-order valence-electron chi connectivity index (χ2n) is 7.90. The molecule has 3 N–H and O–H groups in total. The monoisotopic (exact) mass is 448 g/mol. The first-order valence-electron chi connectivity index (χ1n) is 10.6. The summed E-state index contributed by atoms with van der Waals surface area (Å²) >= 11 is 0. The molecule has 31 heavy (non-hydrogen) atoms. The Balaban J connectivity index is 1.60. The van der Waals surface area contributed by atoms with E-state index in [1.54, 1.807) is 26.4 Å². The Hall–Kier alpha value is -2.13. The maximum absolute atomic E-state index is 12.2. The molecule has 1 saturated carbocycles. The lowest BCUT2D eigenvalue weighted by atomic mass is 9.97. The van der Waals surface area contributed by atoms with Crippen LogP contribution in [0.2, 0.25) is 0 Å². The molecule has 0 heterocycles. The topological polar surface area (TPSA) is 96.9 Å². The van der Waals surface area contributed by atoms with Crippen LogP contribution in [0.25, 0.3) is 0 Å². The fraction of sp³-hybridized carbons (Fsp3) is 0.478. The highest BCUT2D eigenvalue weighted by atomic mass is 32.2. The summed E-state index contributed by atoms with van der Waals surface area (Å²) in [6.07, 6.45) is 3.14. The zero-order valence-corrected chi connectivity index (χ0v) is 19.1. The van der Waals surface area contributed by atoms with E-state index in [0.717, 1.165) is 41.9 Å². The van der Waals surface area contributed by atoms with Gasteiger partial charge >= 0.3 is 0 Å². The highest BCUT2D eigenvalue weighted by Gasteiger charge is 2.27. The molecule has 0 radical (unpaired) electrons. The number of hydrogen-bond acceptors (Lipinski definition) is 6. The second-order valence-corrected chi connectivity index (χ2v) is 9.67. The molecule has 8 heteroatoms. The van der Waals surface area contributed by atoms with Crippen molar-refractivity contribution >= 4 is 10.0 Å². The Morgan fingerprint density at radius 2 is 1.77 bits per heavy atom. The molecule has 0 bridgehead atoms. The largest absolute Gasteiger partial charge is 0.493 e. The smallest absolute Gasteiger partial charge is 0.240 e. The molecule has 0 amide bonds. The quantitative estimate of drug-likeness (QED) is 0.517. The van der Waals surface area contributed by atoms with E-state index in [1.807, 2.05) is 24.3 Å². The maximum atomic E-state index is 12.2. The van der Waals surface area contributed by atoms with Crippen LogP contribution >= 0.6 is 0 Å². The first-order chi connectivity index (χ1) is 14.9. The van der Waals surface area contributed by atoms with Crippen molar-refractivity contribution in [1.29, 1.82) is 0 Å². The highest BCUT2D eigenvalue weighted by molar-refractivity contribution is 7.89. The van der Waals surface area contributed by atoms with Gasteiger partial charge in [-0.15, -0.1) is 0 Å². The Labute approximate surface area is 184 Å². The van der Waals surface area contributed by atoms with Gasteiger partial charge in [0.25, 0.3) is 0 Å². The van der Waals surface area contributed by atoms with Crippen LogP contribution < -0.4 is 19.5 Å². The third-order valence-corrected chi connectivity index (χ3v) is 7.37. The predicted octanol–water partition coefficient (Wildman–Crippen LogP) is 2.96. The average molecular weight is 449 g/mol. The summed E-state index contributed by atoms with van der Waals surface area (Å²) in [6, 6.07) is 13.6. The molecule has 0 spiro atoms. The van der Waals surface area contributed by atoms with Crippen LogP contribution in [0, 0.1) is 0 Å². The predicted molar refractivity (Wildman–Crippen MR) is 120 cm³/mol. The molecule has 0 saturated heterocycles. The molecule has 2 aromatic rings. The van der Waals surface area contributed by atoms with Crippen molar-refractivity contribution in [1.82, 2.24) is 10.0 Å². The molecule has 0 aromatic heterocycles. The van der Waals surface area contributed by atoms with Crippen LogP contribution in [0.5, 0.6) is 11.5 Å². The number of methoxy groups -OCH3 is 2. The summed E-state index contributed by atoms with van der Waals surface area (Å²) < 4.78 is 37.4. The lowest BCUT2D eigenvalue weighted by Crippen LogP contribution is -2.29. The fourth-order valence-corrected chi connectivity index (χ4v) is 5.21. The average Bonchev–Trinajstić information content (AvgIpc) is 3.25. The molecule has 0 aliphatic heterocycles. The normalized spacial score (nSPS) is 19.9. The van der Waals surface area contributed by atoms with Crippen molar-refractivity contribution < 1.29 is 23.0 Å². The van der Waals surface area contributed by atoms with Gasteiger partial charge in [-0.2, -0.15) is 0 Å². The molecule has 1 aliphatic carbocycles. The first kappa shape index (κ1) is 23.5. The number of benzene rings is 2. The number of aliphatic hydroxyl groups excluding tert-OH is 1. The van der Waals surface area contributed by atoms with Gasteiger partial charge in [-0.05, 0) is 67.5 Å². The molecule has 2 aromatic carbocycles. The molecule has 3 atom stereocenters. The minimum Gasteiger partial charge on any atom is -0.493 e. The zero-order valence-electron chi connectivity index (χ0n) is 18.3. The van der Waals surface area contributed by atoms with E-state index >= 15 is 0 Å². The number of ether oxygens (including phenoxy) is 2. The van der Waals surface area contributed by atoms with E-state index in [9.17, 15) is 8.42 Å². The van der Waals surface area contributed by atoms with Crippen LogP contribution in [0.1, 0.15) is 49.3 Å². The summed E-state index contributed by atoms with van der Waals surface area (Å²) in [5, 5.41) is 12.5. The maximum Gasteiger partial charge on any atom is 0.240 e. The van der Waals surface area contributed by atoms with Crippen molar-refractivity contribution in [3.63, 3.8) is 0 Å². The van der Waals surface area contributed by atoms with Gasteiger partial charge in [-0.1, -0.05) is 18.2 Å². The summed E-state index contributed by atoms with van der Waals surface area (Å²) in [7, 11) is -0.303. The number of nitrogens with one attached hydrogen (secondary N) is 2. The minimum absolute atomic E-state index is 0.0122. The van der Waals surface area contributed by atoms with Gasteiger partial charge in [0.1, 0.15) is 0 Å². The molecule has 170 valence electrons. The minimum atomic E-state index is -3.57. The van der Waals surface area contributed by atoms with Crippen LogP contribution in [0.3, 0.4) is 0 Å². The third kappa shape index (κ3) is 5.77.